The number of nitrogens with one attached hydrogen (secondary N) is 1. The maximum atomic E-state index is 13.3. The molecule has 2 aliphatic rings. The zero-order chi connectivity index (χ0) is 26.6. The van der Waals surface area contributed by atoms with Gasteiger partial charge in [-0.05, 0) is 54.4 Å². The van der Waals surface area contributed by atoms with E-state index in [9.17, 15) is 14.7 Å². The zero-order valence-corrected chi connectivity index (χ0v) is 22.2. The Hall–Kier alpha value is -3.48. The molecule has 2 aliphatic heterocycles. The minimum absolute atomic E-state index is 0.158. The number of aryl methyl sites for hydroxylation is 2. The van der Waals surface area contributed by atoms with Gasteiger partial charge in [0.15, 0.2) is 6.10 Å². The highest BCUT2D eigenvalue weighted by molar-refractivity contribution is 5.97. The Morgan fingerprint density at radius 3 is 1.95 bits per heavy atom. The first kappa shape index (κ1) is 26.1. The van der Waals surface area contributed by atoms with Crippen molar-refractivity contribution in [1.29, 1.82) is 0 Å². The molecule has 6 nitrogen and oxygen atoms in total. The van der Waals surface area contributed by atoms with Gasteiger partial charge in [-0.2, -0.15) is 0 Å². The summed E-state index contributed by atoms with van der Waals surface area (Å²) in [6, 6.07) is 24.8. The minimum Gasteiger partial charge on any atom is -0.378 e. The summed E-state index contributed by atoms with van der Waals surface area (Å²) in [4.78, 5) is 30.7. The van der Waals surface area contributed by atoms with E-state index < -0.39 is 6.10 Å². The van der Waals surface area contributed by atoms with Gasteiger partial charge in [0, 0.05) is 38.3 Å². The molecule has 0 radical (unpaired) electrons. The van der Waals surface area contributed by atoms with E-state index >= 15 is 0 Å². The molecule has 2 heterocycles. The average Bonchev–Trinajstić information content (AvgIpc) is 3.50. The summed E-state index contributed by atoms with van der Waals surface area (Å²) in [6.45, 7) is 8.40. The lowest BCUT2D eigenvalue weighted by molar-refractivity contribution is -0.130. The maximum absolute atomic E-state index is 13.3. The largest absolute Gasteiger partial charge is 0.378 e. The number of likely N-dealkylation sites (tertiary alicyclic amines) is 2. The topological polar surface area (TPSA) is 72.9 Å². The van der Waals surface area contributed by atoms with Gasteiger partial charge in [0.05, 0.1) is 6.04 Å². The molecule has 3 aromatic rings. The van der Waals surface area contributed by atoms with Crippen LogP contribution in [0.2, 0.25) is 0 Å². The van der Waals surface area contributed by atoms with Gasteiger partial charge >= 0.3 is 0 Å². The molecule has 2 N–H and O–H groups in total. The molecule has 2 saturated heterocycles. The van der Waals surface area contributed by atoms with Crippen molar-refractivity contribution >= 4 is 11.8 Å². The normalized spacial score (nSPS) is 20.7. The lowest BCUT2D eigenvalue weighted by Crippen LogP contribution is -2.36. The van der Waals surface area contributed by atoms with Crippen LogP contribution in [0.3, 0.4) is 0 Å². The molecule has 0 bridgehead atoms. The number of hydrogen-bond donors (Lipinski definition) is 2. The summed E-state index contributed by atoms with van der Waals surface area (Å²) in [6.07, 6.45) is -0.448. The van der Waals surface area contributed by atoms with E-state index in [2.05, 4.69) is 10.2 Å². The van der Waals surface area contributed by atoms with Crippen LogP contribution in [0.1, 0.15) is 51.2 Å². The van der Waals surface area contributed by atoms with E-state index in [1.54, 1.807) is 12.1 Å². The van der Waals surface area contributed by atoms with Crippen LogP contribution in [0, 0.1) is 25.7 Å². The van der Waals surface area contributed by atoms with Gasteiger partial charge in [-0.3, -0.25) is 9.59 Å². The lowest BCUT2D eigenvalue weighted by Gasteiger charge is -2.26. The van der Waals surface area contributed by atoms with Crippen molar-refractivity contribution in [2.45, 2.75) is 32.4 Å². The summed E-state index contributed by atoms with van der Waals surface area (Å²) in [5, 5.41) is 13.7. The second-order valence-corrected chi connectivity index (χ2v) is 10.8. The van der Waals surface area contributed by atoms with Crippen LogP contribution >= 0.6 is 0 Å². The average molecular weight is 512 g/mol. The Morgan fingerprint density at radius 1 is 0.816 bits per heavy atom. The summed E-state index contributed by atoms with van der Waals surface area (Å²) in [5.41, 5.74) is 4.55. The first-order valence-corrected chi connectivity index (χ1v) is 13.6. The maximum Gasteiger partial charge on any atom is 0.254 e. The Morgan fingerprint density at radius 2 is 1.37 bits per heavy atom. The third-order valence-corrected chi connectivity index (χ3v) is 8.16. The van der Waals surface area contributed by atoms with Crippen LogP contribution in [-0.2, 0) is 4.79 Å². The van der Waals surface area contributed by atoms with Crippen LogP contribution in [0.4, 0.5) is 0 Å². The third-order valence-electron chi connectivity index (χ3n) is 8.16. The summed E-state index contributed by atoms with van der Waals surface area (Å²) in [7, 11) is 0. The van der Waals surface area contributed by atoms with Crippen molar-refractivity contribution < 1.29 is 14.7 Å². The molecule has 2 amide bonds. The molecular weight excluding hydrogens is 474 g/mol. The minimum atomic E-state index is -1.20. The molecule has 5 rings (SSSR count). The zero-order valence-electron chi connectivity index (χ0n) is 22.2. The van der Waals surface area contributed by atoms with Crippen molar-refractivity contribution in [3.8, 4) is 0 Å². The van der Waals surface area contributed by atoms with Crippen molar-refractivity contribution in [3.05, 3.63) is 107 Å². The number of carbonyl (C=O) groups is 2. The predicted molar refractivity (Wildman–Crippen MR) is 149 cm³/mol. The number of rotatable bonds is 8. The predicted octanol–water partition coefficient (Wildman–Crippen LogP) is 4.29. The summed E-state index contributed by atoms with van der Waals surface area (Å²) < 4.78 is 0. The van der Waals surface area contributed by atoms with Gasteiger partial charge in [-0.1, -0.05) is 78.9 Å². The Balaban J connectivity index is 1.18. The van der Waals surface area contributed by atoms with E-state index in [0.717, 1.165) is 61.4 Å². The third kappa shape index (κ3) is 5.66. The van der Waals surface area contributed by atoms with Crippen LogP contribution in [0.15, 0.2) is 78.9 Å². The highest BCUT2D eigenvalue weighted by atomic mass is 16.3. The number of carbonyl (C=O) groups excluding carboxylic acids is 2. The van der Waals surface area contributed by atoms with Crippen molar-refractivity contribution in [2.75, 3.05) is 32.7 Å². The molecule has 0 spiro atoms. The Bertz CT molecular complexity index is 1230. The van der Waals surface area contributed by atoms with Crippen molar-refractivity contribution in [2.24, 2.45) is 11.8 Å². The summed E-state index contributed by atoms with van der Waals surface area (Å²) in [5.74, 6) is 0.732. The number of nitrogens with zero attached hydrogens (tertiary/aromatic N) is 2. The number of aliphatic hydroxyl groups is 1. The molecule has 0 aliphatic carbocycles. The van der Waals surface area contributed by atoms with Gasteiger partial charge < -0.3 is 20.2 Å². The van der Waals surface area contributed by atoms with E-state index in [1.807, 2.05) is 85.5 Å². The summed E-state index contributed by atoms with van der Waals surface area (Å²) >= 11 is 0. The second-order valence-electron chi connectivity index (χ2n) is 10.8. The molecule has 0 aromatic heterocycles. The molecule has 0 saturated carbocycles. The van der Waals surface area contributed by atoms with Gasteiger partial charge in [0.25, 0.3) is 11.8 Å². The number of amides is 2. The molecular formula is C32H37N3O3. The van der Waals surface area contributed by atoms with Crippen molar-refractivity contribution in [1.82, 2.24) is 15.1 Å². The SMILES string of the molecule is Cc1cccc(C)c1C(=O)N1CC2CN(CCC(NC(=O)C(O)c3ccccc3)c3ccccc3)C[C@H]2C1. The standard InChI is InChI=1S/C32H37N3O3/c1-22-10-9-11-23(2)29(22)32(38)35-20-26-18-34(19-27(26)21-35)17-16-28(24-12-5-3-6-13-24)33-31(37)30(36)25-14-7-4-8-15-25/h3-15,26-28,30,36H,16-21H2,1-2H3,(H,33,37)/t26-,27?,28?,30?/m0/s1. The first-order valence-electron chi connectivity index (χ1n) is 13.6. The molecule has 3 aromatic carbocycles. The van der Waals surface area contributed by atoms with Crippen LogP contribution in [-0.4, -0.2) is 59.4 Å². The Kier molecular flexibility index (Phi) is 7.91. The van der Waals surface area contributed by atoms with Crippen molar-refractivity contribution in [3.63, 3.8) is 0 Å². The molecule has 2 fully saturated rings. The van der Waals surface area contributed by atoms with Gasteiger partial charge in [-0.15, -0.1) is 0 Å². The Labute approximate surface area is 225 Å². The van der Waals surface area contributed by atoms with Crippen LogP contribution < -0.4 is 5.32 Å². The highest BCUT2D eigenvalue weighted by Crippen LogP contribution is 2.33. The van der Waals surface area contributed by atoms with Crippen LogP contribution in [0.25, 0.3) is 0 Å². The van der Waals surface area contributed by atoms with E-state index in [1.165, 1.54) is 0 Å². The van der Waals surface area contributed by atoms with Gasteiger partial charge in [0.1, 0.15) is 0 Å². The number of benzene rings is 3. The highest BCUT2D eigenvalue weighted by Gasteiger charge is 2.42. The lowest BCUT2D eigenvalue weighted by atomic mass is 10.0. The number of aliphatic hydroxyl groups excluding tert-OH is 1. The number of fused-ring (bicyclic) bond motifs is 1. The van der Waals surface area contributed by atoms with Gasteiger partial charge in [0.2, 0.25) is 0 Å². The fraction of sp³-hybridized carbons (Fsp3) is 0.375. The monoisotopic (exact) mass is 511 g/mol. The molecule has 3 unspecified atom stereocenters. The fourth-order valence-electron chi connectivity index (χ4n) is 6.11. The first-order chi connectivity index (χ1) is 18.4. The van der Waals surface area contributed by atoms with Crippen LogP contribution in [0.5, 0.6) is 0 Å². The molecule has 38 heavy (non-hydrogen) atoms. The quantitative estimate of drug-likeness (QED) is 0.473. The second kappa shape index (κ2) is 11.5. The molecule has 198 valence electrons. The number of hydrogen-bond acceptors (Lipinski definition) is 4. The van der Waals surface area contributed by atoms with E-state index in [0.29, 0.717) is 17.4 Å². The van der Waals surface area contributed by atoms with E-state index in [-0.39, 0.29) is 17.9 Å². The fourth-order valence-corrected chi connectivity index (χ4v) is 6.11. The van der Waals surface area contributed by atoms with Gasteiger partial charge in [-0.25, -0.2) is 0 Å². The molecule has 6 heteroatoms. The van der Waals surface area contributed by atoms with E-state index in [4.69, 9.17) is 0 Å². The smallest absolute Gasteiger partial charge is 0.254 e. The molecule has 4 atom stereocenters.